The van der Waals surface area contributed by atoms with Gasteiger partial charge in [0.25, 0.3) is 0 Å². The SMILES string of the molecule is Cc1ccc(OCc2ccccc2)c(CCC(=O)CC(=O)C(=O)O)c1. The number of carbonyl (C=O) groups is 3. The van der Waals surface area contributed by atoms with E-state index in [0.29, 0.717) is 18.8 Å². The van der Waals surface area contributed by atoms with Gasteiger partial charge >= 0.3 is 5.97 Å². The molecular formula is C20H20O5. The Labute approximate surface area is 146 Å². The topological polar surface area (TPSA) is 80.7 Å². The molecule has 25 heavy (non-hydrogen) atoms. The molecule has 0 unspecified atom stereocenters. The number of rotatable bonds is 9. The molecule has 5 nitrogen and oxygen atoms in total. The molecule has 2 aromatic rings. The minimum absolute atomic E-state index is 0.101. The first-order chi connectivity index (χ1) is 12.0. The zero-order chi connectivity index (χ0) is 18.2. The maximum absolute atomic E-state index is 11.8. The van der Waals surface area contributed by atoms with Crippen LogP contribution < -0.4 is 4.74 Å². The van der Waals surface area contributed by atoms with Crippen molar-refractivity contribution in [2.24, 2.45) is 0 Å². The van der Waals surface area contributed by atoms with Crippen LogP contribution in [0, 0.1) is 6.92 Å². The Balaban J connectivity index is 1.99. The van der Waals surface area contributed by atoms with Gasteiger partial charge in [0, 0.05) is 6.42 Å². The highest BCUT2D eigenvalue weighted by Crippen LogP contribution is 2.23. The molecule has 0 saturated heterocycles. The molecule has 0 amide bonds. The average Bonchev–Trinajstić information content (AvgIpc) is 2.60. The van der Waals surface area contributed by atoms with Gasteiger partial charge in [-0.3, -0.25) is 9.59 Å². The smallest absolute Gasteiger partial charge is 0.372 e. The van der Waals surface area contributed by atoms with Crippen molar-refractivity contribution >= 4 is 17.5 Å². The van der Waals surface area contributed by atoms with E-state index in [2.05, 4.69) is 0 Å². The van der Waals surface area contributed by atoms with Crippen molar-refractivity contribution in [2.75, 3.05) is 0 Å². The molecule has 2 aromatic carbocycles. The number of carbonyl (C=O) groups excluding carboxylic acids is 2. The number of ether oxygens (including phenoxy) is 1. The highest BCUT2D eigenvalue weighted by atomic mass is 16.5. The van der Waals surface area contributed by atoms with Crippen LogP contribution in [-0.2, 0) is 27.4 Å². The van der Waals surface area contributed by atoms with E-state index < -0.39 is 18.2 Å². The van der Waals surface area contributed by atoms with E-state index in [-0.39, 0.29) is 12.2 Å². The summed E-state index contributed by atoms with van der Waals surface area (Å²) in [5, 5.41) is 8.55. The predicted octanol–water partition coefficient (Wildman–Crippen LogP) is 3.12. The lowest BCUT2D eigenvalue weighted by molar-refractivity contribution is -0.150. The van der Waals surface area contributed by atoms with Crippen molar-refractivity contribution in [1.82, 2.24) is 0 Å². The van der Waals surface area contributed by atoms with Crippen LogP contribution >= 0.6 is 0 Å². The minimum Gasteiger partial charge on any atom is -0.489 e. The fourth-order valence-corrected chi connectivity index (χ4v) is 2.40. The highest BCUT2D eigenvalue weighted by Gasteiger charge is 2.17. The fourth-order valence-electron chi connectivity index (χ4n) is 2.40. The Morgan fingerprint density at radius 1 is 1.04 bits per heavy atom. The summed E-state index contributed by atoms with van der Waals surface area (Å²) in [7, 11) is 0. The maximum Gasteiger partial charge on any atom is 0.372 e. The summed E-state index contributed by atoms with van der Waals surface area (Å²) < 4.78 is 5.86. The molecule has 2 rings (SSSR count). The lowest BCUT2D eigenvalue weighted by Crippen LogP contribution is -2.17. The summed E-state index contributed by atoms with van der Waals surface area (Å²) in [6.45, 7) is 2.36. The van der Waals surface area contributed by atoms with E-state index in [1.807, 2.05) is 55.5 Å². The van der Waals surface area contributed by atoms with Gasteiger partial charge in [0.15, 0.2) is 0 Å². The van der Waals surface area contributed by atoms with E-state index >= 15 is 0 Å². The van der Waals surface area contributed by atoms with Gasteiger partial charge in [-0.05, 0) is 30.5 Å². The number of Topliss-reactive ketones (excluding diaryl/α,β-unsaturated/α-hetero) is 2. The zero-order valence-electron chi connectivity index (χ0n) is 14.0. The Bertz CT molecular complexity index is 765. The monoisotopic (exact) mass is 340 g/mol. The third-order valence-electron chi connectivity index (χ3n) is 3.72. The number of benzene rings is 2. The van der Waals surface area contributed by atoms with E-state index in [1.54, 1.807) is 0 Å². The summed E-state index contributed by atoms with van der Waals surface area (Å²) in [6, 6.07) is 15.5. The number of carboxylic acid groups (broad SMARTS) is 1. The van der Waals surface area contributed by atoms with E-state index in [1.165, 1.54) is 0 Å². The first kappa shape index (κ1) is 18.4. The van der Waals surface area contributed by atoms with E-state index in [4.69, 9.17) is 9.84 Å². The molecule has 1 N–H and O–H groups in total. The second kappa shape index (κ2) is 8.78. The summed E-state index contributed by atoms with van der Waals surface area (Å²) >= 11 is 0. The molecule has 130 valence electrons. The second-order valence-corrected chi connectivity index (χ2v) is 5.83. The number of ketones is 2. The predicted molar refractivity (Wildman–Crippen MR) is 92.5 cm³/mol. The third kappa shape index (κ3) is 5.88. The van der Waals surface area contributed by atoms with Crippen molar-refractivity contribution in [3.05, 3.63) is 65.2 Å². The summed E-state index contributed by atoms with van der Waals surface area (Å²) in [6.07, 6.45) is -0.0664. The molecule has 0 atom stereocenters. The van der Waals surface area contributed by atoms with Gasteiger partial charge in [-0.15, -0.1) is 0 Å². The van der Waals surface area contributed by atoms with Crippen LogP contribution in [-0.4, -0.2) is 22.6 Å². The van der Waals surface area contributed by atoms with Crippen LogP contribution in [0.15, 0.2) is 48.5 Å². The van der Waals surface area contributed by atoms with Gasteiger partial charge in [0.1, 0.15) is 18.1 Å². The quantitative estimate of drug-likeness (QED) is 0.560. The van der Waals surface area contributed by atoms with Gasteiger partial charge in [-0.1, -0.05) is 48.0 Å². The molecule has 0 fully saturated rings. The Hall–Kier alpha value is -2.95. The Morgan fingerprint density at radius 3 is 2.44 bits per heavy atom. The molecule has 0 bridgehead atoms. The first-order valence-corrected chi connectivity index (χ1v) is 8.00. The standard InChI is InChI=1S/C20H20O5/c1-14-7-10-19(25-13-15-5-3-2-4-6-15)16(11-14)8-9-17(21)12-18(22)20(23)24/h2-7,10-11H,8-9,12-13H2,1H3,(H,23,24). The molecule has 0 spiro atoms. The number of aliphatic carboxylic acids is 1. The highest BCUT2D eigenvalue weighted by molar-refractivity contribution is 6.36. The molecule has 5 heteroatoms. The number of hydrogen-bond acceptors (Lipinski definition) is 4. The van der Waals surface area contributed by atoms with Crippen molar-refractivity contribution in [1.29, 1.82) is 0 Å². The van der Waals surface area contributed by atoms with Gasteiger partial charge in [-0.25, -0.2) is 4.79 Å². The third-order valence-corrected chi connectivity index (χ3v) is 3.72. The molecule has 0 saturated carbocycles. The Kier molecular flexibility index (Phi) is 6.46. The first-order valence-electron chi connectivity index (χ1n) is 8.00. The van der Waals surface area contributed by atoms with Gasteiger partial charge in [0.05, 0.1) is 6.42 Å². The van der Waals surface area contributed by atoms with Gasteiger partial charge in [-0.2, -0.15) is 0 Å². The van der Waals surface area contributed by atoms with E-state index in [9.17, 15) is 14.4 Å². The fraction of sp³-hybridized carbons (Fsp3) is 0.250. The molecule has 0 aliphatic carbocycles. The lowest BCUT2D eigenvalue weighted by atomic mass is 10.0. The summed E-state index contributed by atoms with van der Waals surface area (Å²) in [5.41, 5.74) is 2.94. The van der Waals surface area contributed by atoms with Crippen molar-refractivity contribution < 1.29 is 24.2 Å². The van der Waals surface area contributed by atoms with Crippen LogP contribution in [0.5, 0.6) is 5.75 Å². The molecular weight excluding hydrogens is 320 g/mol. The van der Waals surface area contributed by atoms with Gasteiger partial charge in [0.2, 0.25) is 5.78 Å². The summed E-state index contributed by atoms with van der Waals surface area (Å²) in [5.74, 6) is -2.35. The zero-order valence-corrected chi connectivity index (χ0v) is 14.0. The normalized spacial score (nSPS) is 10.3. The second-order valence-electron chi connectivity index (χ2n) is 5.83. The van der Waals surface area contributed by atoms with Crippen LogP contribution in [0.2, 0.25) is 0 Å². The molecule has 0 radical (unpaired) electrons. The van der Waals surface area contributed by atoms with Gasteiger partial charge < -0.3 is 9.84 Å². The largest absolute Gasteiger partial charge is 0.489 e. The lowest BCUT2D eigenvalue weighted by Gasteiger charge is -2.12. The molecule has 0 aliphatic rings. The molecule has 0 aliphatic heterocycles. The van der Waals surface area contributed by atoms with Crippen molar-refractivity contribution in [3.63, 3.8) is 0 Å². The van der Waals surface area contributed by atoms with Crippen LogP contribution in [0.4, 0.5) is 0 Å². The number of aryl methyl sites for hydroxylation is 2. The average molecular weight is 340 g/mol. The minimum atomic E-state index is -1.57. The molecule has 0 heterocycles. The van der Waals surface area contributed by atoms with E-state index in [0.717, 1.165) is 16.7 Å². The van der Waals surface area contributed by atoms with Crippen molar-refractivity contribution in [2.45, 2.75) is 32.8 Å². The number of carboxylic acids is 1. The van der Waals surface area contributed by atoms with Crippen LogP contribution in [0.25, 0.3) is 0 Å². The van der Waals surface area contributed by atoms with Crippen LogP contribution in [0.1, 0.15) is 29.5 Å². The van der Waals surface area contributed by atoms with Crippen LogP contribution in [0.3, 0.4) is 0 Å². The Morgan fingerprint density at radius 2 is 1.76 bits per heavy atom. The summed E-state index contributed by atoms with van der Waals surface area (Å²) in [4.78, 5) is 33.4. The molecule has 0 aromatic heterocycles. The maximum atomic E-state index is 11.8. The number of hydrogen-bond donors (Lipinski definition) is 1. The van der Waals surface area contributed by atoms with Crippen molar-refractivity contribution in [3.8, 4) is 5.75 Å².